The van der Waals surface area contributed by atoms with E-state index in [9.17, 15) is 9.90 Å². The summed E-state index contributed by atoms with van der Waals surface area (Å²) in [6.07, 6.45) is 0. The summed E-state index contributed by atoms with van der Waals surface area (Å²) in [7, 11) is 0. The van der Waals surface area contributed by atoms with Gasteiger partial charge in [0.15, 0.2) is 0 Å². The third-order valence-corrected chi connectivity index (χ3v) is 3.67. The van der Waals surface area contributed by atoms with Gasteiger partial charge in [-0.25, -0.2) is 4.79 Å². The van der Waals surface area contributed by atoms with E-state index >= 15 is 0 Å². The van der Waals surface area contributed by atoms with Gasteiger partial charge in [0.1, 0.15) is 30.3 Å². The third kappa shape index (κ3) is 4.39. The first-order chi connectivity index (χ1) is 10.5. The van der Waals surface area contributed by atoms with Gasteiger partial charge in [0.05, 0.1) is 4.47 Å². The Balaban J connectivity index is 1.97. The van der Waals surface area contributed by atoms with Crippen LogP contribution in [0.3, 0.4) is 0 Å². The lowest BCUT2D eigenvalue weighted by Gasteiger charge is -2.12. The van der Waals surface area contributed by atoms with Crippen molar-refractivity contribution in [1.29, 1.82) is 0 Å². The van der Waals surface area contributed by atoms with Gasteiger partial charge in [-0.05, 0) is 47.1 Å². The van der Waals surface area contributed by atoms with Crippen LogP contribution in [-0.4, -0.2) is 24.3 Å². The van der Waals surface area contributed by atoms with Gasteiger partial charge in [-0.2, -0.15) is 0 Å². The van der Waals surface area contributed by atoms with Gasteiger partial charge < -0.3 is 14.6 Å². The predicted molar refractivity (Wildman–Crippen MR) is 88.3 cm³/mol. The molecule has 22 heavy (non-hydrogen) atoms. The van der Waals surface area contributed by atoms with E-state index in [1.54, 1.807) is 6.07 Å². The average molecular weight is 386 g/mol. The van der Waals surface area contributed by atoms with Crippen molar-refractivity contribution in [2.45, 2.75) is 6.92 Å². The molecule has 0 unspecified atom stereocenters. The molecular weight excluding hydrogens is 372 g/mol. The highest BCUT2D eigenvalue weighted by molar-refractivity contribution is 9.10. The molecule has 0 radical (unpaired) electrons. The number of carboxylic acid groups (broad SMARTS) is 1. The molecular formula is C16H14BrClO4. The number of halogens is 2. The van der Waals surface area contributed by atoms with Crippen LogP contribution in [-0.2, 0) is 0 Å². The zero-order chi connectivity index (χ0) is 16.1. The number of benzene rings is 2. The Bertz CT molecular complexity index is 671. The van der Waals surface area contributed by atoms with Crippen LogP contribution in [0.5, 0.6) is 11.5 Å². The maximum atomic E-state index is 11.2. The minimum atomic E-state index is -1.10. The van der Waals surface area contributed by atoms with Crippen LogP contribution in [0.25, 0.3) is 0 Å². The lowest BCUT2D eigenvalue weighted by atomic mass is 10.2. The van der Waals surface area contributed by atoms with Gasteiger partial charge in [0, 0.05) is 5.02 Å². The molecule has 0 saturated carbocycles. The Kier molecular flexibility index (Phi) is 5.69. The van der Waals surface area contributed by atoms with Crippen LogP contribution in [0, 0.1) is 6.92 Å². The topological polar surface area (TPSA) is 55.8 Å². The summed E-state index contributed by atoms with van der Waals surface area (Å²) in [4.78, 5) is 11.2. The molecule has 0 heterocycles. The molecule has 0 aliphatic carbocycles. The summed E-state index contributed by atoms with van der Waals surface area (Å²) in [5.74, 6) is -0.120. The first kappa shape index (κ1) is 16.6. The minimum absolute atomic E-state index is 0.00899. The van der Waals surface area contributed by atoms with E-state index in [0.29, 0.717) is 16.1 Å². The molecule has 4 nitrogen and oxygen atoms in total. The normalized spacial score (nSPS) is 10.3. The molecule has 0 amide bonds. The highest BCUT2D eigenvalue weighted by atomic mass is 79.9. The van der Waals surface area contributed by atoms with Crippen LogP contribution in [0.2, 0.25) is 5.02 Å². The fourth-order valence-corrected chi connectivity index (χ4v) is 2.73. The molecule has 0 atom stereocenters. The van der Waals surface area contributed by atoms with Crippen molar-refractivity contribution >= 4 is 33.5 Å². The van der Waals surface area contributed by atoms with Gasteiger partial charge >= 0.3 is 5.97 Å². The van der Waals surface area contributed by atoms with E-state index in [2.05, 4.69) is 15.9 Å². The van der Waals surface area contributed by atoms with E-state index in [-0.39, 0.29) is 17.9 Å². The molecule has 6 heteroatoms. The maximum Gasteiger partial charge on any atom is 0.339 e. The average Bonchev–Trinajstić information content (AvgIpc) is 2.46. The van der Waals surface area contributed by atoms with E-state index in [1.165, 1.54) is 6.07 Å². The van der Waals surface area contributed by atoms with E-state index in [1.807, 2.05) is 31.2 Å². The summed E-state index contributed by atoms with van der Waals surface area (Å²) < 4.78 is 11.5. The SMILES string of the molecule is Cc1ccc(OCCOc2c(Br)cc(Cl)cc2C(=O)O)cc1. The molecule has 2 aromatic rings. The summed E-state index contributed by atoms with van der Waals surface area (Å²) >= 11 is 9.10. The van der Waals surface area contributed by atoms with Crippen molar-refractivity contribution < 1.29 is 19.4 Å². The molecule has 2 aromatic carbocycles. The van der Waals surface area contributed by atoms with E-state index in [4.69, 9.17) is 21.1 Å². The van der Waals surface area contributed by atoms with Gasteiger partial charge in [-0.3, -0.25) is 0 Å². The number of ether oxygens (including phenoxy) is 2. The Hall–Kier alpha value is -1.72. The number of aryl methyl sites for hydroxylation is 1. The van der Waals surface area contributed by atoms with Crippen molar-refractivity contribution in [2.75, 3.05) is 13.2 Å². The summed E-state index contributed by atoms with van der Waals surface area (Å²) in [5, 5.41) is 9.51. The molecule has 116 valence electrons. The first-order valence-electron chi connectivity index (χ1n) is 6.52. The van der Waals surface area contributed by atoms with E-state index in [0.717, 1.165) is 11.3 Å². The monoisotopic (exact) mass is 384 g/mol. The number of hydrogen-bond acceptors (Lipinski definition) is 3. The Labute approximate surface area is 141 Å². The van der Waals surface area contributed by atoms with Crippen molar-refractivity contribution in [2.24, 2.45) is 0 Å². The number of rotatable bonds is 6. The minimum Gasteiger partial charge on any atom is -0.490 e. The molecule has 0 fully saturated rings. The number of carbonyl (C=O) groups is 1. The fraction of sp³-hybridized carbons (Fsp3) is 0.188. The van der Waals surface area contributed by atoms with Crippen molar-refractivity contribution in [3.05, 3.63) is 57.0 Å². The number of aromatic carboxylic acids is 1. The quantitative estimate of drug-likeness (QED) is 0.740. The lowest BCUT2D eigenvalue weighted by Crippen LogP contribution is -2.11. The van der Waals surface area contributed by atoms with Crippen LogP contribution >= 0.6 is 27.5 Å². The summed E-state index contributed by atoms with van der Waals surface area (Å²) in [6, 6.07) is 10.6. The highest BCUT2D eigenvalue weighted by Gasteiger charge is 2.16. The van der Waals surface area contributed by atoms with E-state index < -0.39 is 5.97 Å². The molecule has 0 aliphatic rings. The van der Waals surface area contributed by atoms with Crippen LogP contribution in [0.1, 0.15) is 15.9 Å². The largest absolute Gasteiger partial charge is 0.490 e. The molecule has 0 aromatic heterocycles. The van der Waals surface area contributed by atoms with Crippen molar-refractivity contribution in [3.8, 4) is 11.5 Å². The van der Waals surface area contributed by atoms with Crippen molar-refractivity contribution in [3.63, 3.8) is 0 Å². The predicted octanol–water partition coefficient (Wildman–Crippen LogP) is 4.57. The Morgan fingerprint density at radius 1 is 1.18 bits per heavy atom. The number of hydrogen-bond donors (Lipinski definition) is 1. The fourth-order valence-electron chi connectivity index (χ4n) is 1.80. The summed E-state index contributed by atoms with van der Waals surface area (Å²) in [6.45, 7) is 2.52. The molecule has 0 aliphatic heterocycles. The van der Waals surface area contributed by atoms with Crippen LogP contribution < -0.4 is 9.47 Å². The zero-order valence-corrected chi connectivity index (χ0v) is 14.1. The first-order valence-corrected chi connectivity index (χ1v) is 7.69. The summed E-state index contributed by atoms with van der Waals surface area (Å²) in [5.41, 5.74) is 1.16. The van der Waals surface area contributed by atoms with Crippen molar-refractivity contribution in [1.82, 2.24) is 0 Å². The van der Waals surface area contributed by atoms with Gasteiger partial charge in [0.25, 0.3) is 0 Å². The third-order valence-electron chi connectivity index (χ3n) is 2.86. The standard InChI is InChI=1S/C16H14BrClO4/c1-10-2-4-12(5-3-10)21-6-7-22-15-13(16(19)20)8-11(18)9-14(15)17/h2-5,8-9H,6-7H2,1H3,(H,19,20). The van der Waals surface area contributed by atoms with Gasteiger partial charge in [-0.15, -0.1) is 0 Å². The smallest absolute Gasteiger partial charge is 0.339 e. The molecule has 0 spiro atoms. The van der Waals surface area contributed by atoms with Crippen LogP contribution in [0.15, 0.2) is 40.9 Å². The Morgan fingerprint density at radius 3 is 2.45 bits per heavy atom. The van der Waals surface area contributed by atoms with Gasteiger partial charge in [-0.1, -0.05) is 29.3 Å². The molecule has 0 saturated heterocycles. The molecule has 2 rings (SSSR count). The maximum absolute atomic E-state index is 11.2. The molecule has 1 N–H and O–H groups in total. The molecule has 0 bridgehead atoms. The second-order valence-electron chi connectivity index (χ2n) is 4.58. The van der Waals surface area contributed by atoms with Gasteiger partial charge in [0.2, 0.25) is 0 Å². The Morgan fingerprint density at radius 2 is 1.82 bits per heavy atom. The highest BCUT2D eigenvalue weighted by Crippen LogP contribution is 2.32. The van der Waals surface area contributed by atoms with Crippen LogP contribution in [0.4, 0.5) is 0 Å². The zero-order valence-electron chi connectivity index (χ0n) is 11.8. The second kappa shape index (κ2) is 7.51. The number of carboxylic acids is 1. The lowest BCUT2D eigenvalue weighted by molar-refractivity contribution is 0.0691. The second-order valence-corrected chi connectivity index (χ2v) is 5.87.